The number of halogens is 1. The fourth-order valence-electron chi connectivity index (χ4n) is 0.992. The monoisotopic (exact) mass is 218 g/mol. The predicted molar refractivity (Wildman–Crippen MR) is 46.3 cm³/mol. The minimum Gasteiger partial charge on any atom is -0.366 e. The van der Waals surface area contributed by atoms with Crippen LogP contribution in [0.25, 0.3) is 0 Å². The van der Waals surface area contributed by atoms with Crippen LogP contribution in [-0.4, -0.2) is 14.3 Å². The Morgan fingerprint density at radius 3 is 2.29 bits per heavy atom. The Labute approximate surface area is 79.6 Å². The van der Waals surface area contributed by atoms with E-state index in [9.17, 15) is 17.6 Å². The second-order valence-electron chi connectivity index (χ2n) is 2.53. The van der Waals surface area contributed by atoms with Gasteiger partial charge in [-0.25, -0.2) is 17.9 Å². The molecule has 76 valence electrons. The summed E-state index contributed by atoms with van der Waals surface area (Å²) >= 11 is 0. The molecule has 0 heterocycles. The highest BCUT2D eigenvalue weighted by atomic mass is 32.2. The number of rotatable bonds is 2. The molecule has 1 amide bonds. The lowest BCUT2D eigenvalue weighted by Crippen LogP contribution is -2.21. The Kier molecular flexibility index (Phi) is 2.54. The van der Waals surface area contributed by atoms with Crippen molar-refractivity contribution in [3.63, 3.8) is 0 Å². The molecule has 0 aliphatic rings. The van der Waals surface area contributed by atoms with Crippen LogP contribution in [0.3, 0.4) is 0 Å². The number of primary sulfonamides is 1. The first-order chi connectivity index (χ1) is 6.34. The highest BCUT2D eigenvalue weighted by Crippen LogP contribution is 2.17. The molecule has 0 unspecified atom stereocenters. The van der Waals surface area contributed by atoms with Crippen molar-refractivity contribution in [3.8, 4) is 0 Å². The van der Waals surface area contributed by atoms with Crippen molar-refractivity contribution in [1.29, 1.82) is 0 Å². The molecule has 4 N–H and O–H groups in total. The van der Waals surface area contributed by atoms with E-state index in [-0.39, 0.29) is 0 Å². The third-order valence-electron chi connectivity index (χ3n) is 1.52. The molecule has 0 saturated heterocycles. The van der Waals surface area contributed by atoms with Crippen LogP contribution in [0.4, 0.5) is 4.39 Å². The molecule has 0 radical (unpaired) electrons. The third kappa shape index (κ3) is 1.88. The van der Waals surface area contributed by atoms with Crippen molar-refractivity contribution in [3.05, 3.63) is 29.6 Å². The Bertz CT molecular complexity index is 484. The Hall–Kier alpha value is -1.47. The van der Waals surface area contributed by atoms with Crippen LogP contribution in [0.1, 0.15) is 10.4 Å². The zero-order valence-electron chi connectivity index (χ0n) is 6.90. The van der Waals surface area contributed by atoms with Crippen molar-refractivity contribution in [2.24, 2.45) is 10.9 Å². The summed E-state index contributed by atoms with van der Waals surface area (Å²) in [6, 6.07) is 3.14. The largest absolute Gasteiger partial charge is 0.366 e. The lowest BCUT2D eigenvalue weighted by Gasteiger charge is -2.04. The summed E-state index contributed by atoms with van der Waals surface area (Å²) in [5, 5.41) is 4.72. The fourth-order valence-corrected chi connectivity index (χ4v) is 1.81. The first-order valence-corrected chi connectivity index (χ1v) is 5.00. The van der Waals surface area contributed by atoms with Gasteiger partial charge in [-0.1, -0.05) is 6.07 Å². The van der Waals surface area contributed by atoms with Gasteiger partial charge in [0.2, 0.25) is 15.9 Å². The number of carbonyl (C=O) groups is 1. The van der Waals surface area contributed by atoms with Gasteiger partial charge in [0, 0.05) is 0 Å². The van der Waals surface area contributed by atoms with Crippen molar-refractivity contribution in [1.82, 2.24) is 0 Å². The lowest BCUT2D eigenvalue weighted by atomic mass is 10.2. The van der Waals surface area contributed by atoms with Gasteiger partial charge in [-0.05, 0) is 12.1 Å². The van der Waals surface area contributed by atoms with Gasteiger partial charge in [0.25, 0.3) is 0 Å². The zero-order valence-corrected chi connectivity index (χ0v) is 7.71. The first-order valence-electron chi connectivity index (χ1n) is 3.45. The molecule has 0 aliphatic heterocycles. The minimum absolute atomic E-state index is 0.451. The van der Waals surface area contributed by atoms with E-state index in [0.29, 0.717) is 0 Å². The van der Waals surface area contributed by atoms with Gasteiger partial charge in [0.1, 0.15) is 10.7 Å². The minimum atomic E-state index is -4.28. The van der Waals surface area contributed by atoms with Gasteiger partial charge in [-0.2, -0.15) is 0 Å². The van der Waals surface area contributed by atoms with Gasteiger partial charge in [-0.3, -0.25) is 4.79 Å². The number of sulfonamides is 1. The molecule has 1 rings (SSSR count). The van der Waals surface area contributed by atoms with Crippen LogP contribution >= 0.6 is 0 Å². The first kappa shape index (κ1) is 10.6. The molecule has 0 bridgehead atoms. The molecule has 0 aromatic heterocycles. The Morgan fingerprint density at radius 1 is 1.36 bits per heavy atom. The summed E-state index contributed by atoms with van der Waals surface area (Å²) in [5.41, 5.74) is 4.40. The second kappa shape index (κ2) is 3.35. The maximum atomic E-state index is 13.0. The van der Waals surface area contributed by atoms with Crippen molar-refractivity contribution in [2.45, 2.75) is 4.90 Å². The number of nitrogens with two attached hydrogens (primary N) is 2. The van der Waals surface area contributed by atoms with Crippen molar-refractivity contribution >= 4 is 15.9 Å². The molecule has 1 aromatic rings. The normalized spacial score (nSPS) is 11.3. The van der Waals surface area contributed by atoms with E-state index >= 15 is 0 Å². The van der Waals surface area contributed by atoms with E-state index in [1.165, 1.54) is 6.07 Å². The van der Waals surface area contributed by atoms with E-state index in [2.05, 4.69) is 0 Å². The molecule has 1 aromatic carbocycles. The van der Waals surface area contributed by atoms with E-state index in [4.69, 9.17) is 10.9 Å². The summed E-state index contributed by atoms with van der Waals surface area (Å²) in [6.07, 6.45) is 0. The quantitative estimate of drug-likeness (QED) is 0.703. The molecular weight excluding hydrogens is 211 g/mol. The molecule has 0 aliphatic carbocycles. The molecule has 7 heteroatoms. The molecule has 5 nitrogen and oxygen atoms in total. The van der Waals surface area contributed by atoms with E-state index in [0.717, 1.165) is 12.1 Å². The second-order valence-corrected chi connectivity index (χ2v) is 4.02. The summed E-state index contributed by atoms with van der Waals surface area (Å²) < 4.78 is 34.9. The predicted octanol–water partition coefficient (Wildman–Crippen LogP) is -0.428. The van der Waals surface area contributed by atoms with Gasteiger partial charge >= 0.3 is 0 Å². The standard InChI is InChI=1S/C7H7FN2O3S/c8-5-3-1-2-4(7(9)11)6(5)14(10,12)13/h1-3H,(H2,9,11)(H2,10,12,13). The molecule has 0 spiro atoms. The Morgan fingerprint density at radius 2 is 1.93 bits per heavy atom. The van der Waals surface area contributed by atoms with Crippen LogP contribution in [0.2, 0.25) is 0 Å². The number of amides is 1. The topological polar surface area (TPSA) is 103 Å². The molecule has 0 atom stereocenters. The van der Waals surface area contributed by atoms with Gasteiger partial charge in [0.05, 0.1) is 5.56 Å². The van der Waals surface area contributed by atoms with Crippen molar-refractivity contribution in [2.75, 3.05) is 0 Å². The van der Waals surface area contributed by atoms with Crippen molar-refractivity contribution < 1.29 is 17.6 Å². The van der Waals surface area contributed by atoms with Crippen LogP contribution in [0.5, 0.6) is 0 Å². The van der Waals surface area contributed by atoms with E-state index in [1.807, 2.05) is 0 Å². The van der Waals surface area contributed by atoms with Crippen LogP contribution in [0, 0.1) is 5.82 Å². The number of hydrogen-bond donors (Lipinski definition) is 2. The highest BCUT2D eigenvalue weighted by Gasteiger charge is 2.21. The smallest absolute Gasteiger partial charge is 0.250 e. The van der Waals surface area contributed by atoms with Gasteiger partial charge < -0.3 is 5.73 Å². The Balaban J connectivity index is 3.62. The highest BCUT2D eigenvalue weighted by molar-refractivity contribution is 7.89. The van der Waals surface area contributed by atoms with Gasteiger partial charge in [-0.15, -0.1) is 0 Å². The van der Waals surface area contributed by atoms with Crippen LogP contribution in [0.15, 0.2) is 23.1 Å². The zero-order chi connectivity index (χ0) is 10.9. The molecular formula is C7H7FN2O3S. The third-order valence-corrected chi connectivity index (χ3v) is 2.50. The number of primary amides is 1. The fraction of sp³-hybridized carbons (Fsp3) is 0. The maximum Gasteiger partial charge on any atom is 0.250 e. The van der Waals surface area contributed by atoms with E-state index < -0.39 is 32.2 Å². The van der Waals surface area contributed by atoms with Gasteiger partial charge in [0.15, 0.2) is 0 Å². The number of hydrogen-bond acceptors (Lipinski definition) is 3. The average Bonchev–Trinajstić information content (AvgIpc) is 2.01. The summed E-state index contributed by atoms with van der Waals surface area (Å²) in [4.78, 5) is 9.89. The molecule has 0 saturated carbocycles. The summed E-state index contributed by atoms with van der Waals surface area (Å²) in [5.74, 6) is -2.14. The number of carbonyl (C=O) groups excluding carboxylic acids is 1. The SMILES string of the molecule is NC(=O)c1cccc(F)c1S(N)(=O)=O. The average molecular weight is 218 g/mol. The molecule has 14 heavy (non-hydrogen) atoms. The lowest BCUT2D eigenvalue weighted by molar-refractivity contribution is 0.0996. The maximum absolute atomic E-state index is 13.0. The molecule has 0 fully saturated rings. The summed E-state index contributed by atoms with van der Waals surface area (Å²) in [7, 11) is -4.28. The summed E-state index contributed by atoms with van der Waals surface area (Å²) in [6.45, 7) is 0. The van der Waals surface area contributed by atoms with E-state index in [1.54, 1.807) is 0 Å². The number of benzene rings is 1. The van der Waals surface area contributed by atoms with Crippen LogP contribution < -0.4 is 10.9 Å². The van der Waals surface area contributed by atoms with Crippen LogP contribution in [-0.2, 0) is 10.0 Å².